The van der Waals surface area contributed by atoms with Gasteiger partial charge < -0.3 is 5.32 Å². The molecule has 0 spiro atoms. The van der Waals surface area contributed by atoms with E-state index in [2.05, 4.69) is 42.4 Å². The van der Waals surface area contributed by atoms with Crippen LogP contribution in [0.15, 0.2) is 24.3 Å². The Morgan fingerprint density at radius 3 is 2.53 bits per heavy atom. The van der Waals surface area contributed by atoms with Crippen LogP contribution in [0.4, 0.5) is 5.69 Å². The summed E-state index contributed by atoms with van der Waals surface area (Å²) in [5.74, 6) is 2.65. The van der Waals surface area contributed by atoms with Crippen molar-refractivity contribution in [2.45, 2.75) is 39.2 Å². The van der Waals surface area contributed by atoms with Gasteiger partial charge in [-0.15, -0.1) is 6.42 Å². The van der Waals surface area contributed by atoms with Crippen molar-refractivity contribution in [3.8, 4) is 12.3 Å². The van der Waals surface area contributed by atoms with Gasteiger partial charge in [0.25, 0.3) is 0 Å². The normalized spacial score (nSPS) is 11.8. The predicted molar refractivity (Wildman–Crippen MR) is 67.0 cm³/mol. The molecule has 0 aliphatic heterocycles. The van der Waals surface area contributed by atoms with E-state index in [0.717, 1.165) is 5.69 Å². The van der Waals surface area contributed by atoms with Gasteiger partial charge in [0.2, 0.25) is 0 Å². The van der Waals surface area contributed by atoms with Crippen LogP contribution in [-0.2, 0) is 6.42 Å². The summed E-state index contributed by atoms with van der Waals surface area (Å²) in [6, 6.07) is 8.62. The third kappa shape index (κ3) is 4.08. The molecule has 1 heteroatoms. The van der Waals surface area contributed by atoms with Crippen LogP contribution in [0.1, 0.15) is 32.3 Å². The lowest BCUT2D eigenvalue weighted by Crippen LogP contribution is -2.11. The minimum atomic E-state index is 0.0893. The van der Waals surface area contributed by atoms with Crippen LogP contribution in [0.5, 0.6) is 0 Å². The second-order valence-electron chi connectivity index (χ2n) is 3.83. The van der Waals surface area contributed by atoms with Crippen molar-refractivity contribution in [3.05, 3.63) is 29.8 Å². The monoisotopic (exact) mass is 201 g/mol. The van der Waals surface area contributed by atoms with Gasteiger partial charge in [0, 0.05) is 5.69 Å². The van der Waals surface area contributed by atoms with E-state index in [4.69, 9.17) is 6.42 Å². The molecule has 0 radical (unpaired) electrons. The van der Waals surface area contributed by atoms with Gasteiger partial charge in [-0.05, 0) is 37.5 Å². The van der Waals surface area contributed by atoms with Crippen LogP contribution < -0.4 is 5.32 Å². The maximum absolute atomic E-state index is 5.30. The van der Waals surface area contributed by atoms with Crippen molar-refractivity contribution >= 4 is 5.69 Å². The van der Waals surface area contributed by atoms with Crippen molar-refractivity contribution < 1.29 is 0 Å². The average molecular weight is 201 g/mol. The first-order valence-corrected chi connectivity index (χ1v) is 5.58. The summed E-state index contributed by atoms with van der Waals surface area (Å²) in [4.78, 5) is 0. The fourth-order valence-corrected chi connectivity index (χ4v) is 1.44. The first kappa shape index (κ1) is 11.7. The highest BCUT2D eigenvalue weighted by Gasteiger charge is 1.97. The van der Waals surface area contributed by atoms with E-state index in [0.29, 0.717) is 0 Å². The molecule has 1 atom stereocenters. The highest BCUT2D eigenvalue weighted by molar-refractivity contribution is 5.46. The van der Waals surface area contributed by atoms with Crippen LogP contribution in [0, 0.1) is 12.3 Å². The predicted octanol–water partition coefficient (Wildman–Crippen LogP) is 3.46. The zero-order valence-electron chi connectivity index (χ0n) is 9.59. The second kappa shape index (κ2) is 6.14. The minimum absolute atomic E-state index is 0.0893. The molecule has 1 nitrogen and oxygen atoms in total. The number of terminal acetylenes is 1. The number of hydrogen-bond donors (Lipinski definition) is 1. The van der Waals surface area contributed by atoms with Crippen molar-refractivity contribution in [1.29, 1.82) is 0 Å². The Balaban J connectivity index is 2.53. The second-order valence-corrected chi connectivity index (χ2v) is 3.83. The molecule has 0 amide bonds. The Morgan fingerprint density at radius 1 is 1.33 bits per heavy atom. The first-order valence-electron chi connectivity index (χ1n) is 5.58. The van der Waals surface area contributed by atoms with Crippen molar-refractivity contribution in [2.75, 3.05) is 5.32 Å². The van der Waals surface area contributed by atoms with Gasteiger partial charge in [-0.1, -0.05) is 31.4 Å². The summed E-state index contributed by atoms with van der Waals surface area (Å²) < 4.78 is 0. The van der Waals surface area contributed by atoms with Crippen molar-refractivity contribution in [2.24, 2.45) is 0 Å². The number of aryl methyl sites for hydroxylation is 1. The molecular weight excluding hydrogens is 182 g/mol. The van der Waals surface area contributed by atoms with Gasteiger partial charge in [-0.25, -0.2) is 0 Å². The van der Waals surface area contributed by atoms with Crippen LogP contribution in [-0.4, -0.2) is 6.04 Å². The first-order chi connectivity index (χ1) is 7.26. The number of unbranched alkanes of at least 4 members (excludes halogenated alkanes) is 1. The molecule has 1 aromatic carbocycles. The molecular formula is C14H19N. The Labute approximate surface area is 92.9 Å². The molecule has 0 saturated heterocycles. The lowest BCUT2D eigenvalue weighted by atomic mass is 10.1. The molecule has 1 N–H and O–H groups in total. The summed E-state index contributed by atoms with van der Waals surface area (Å²) in [5, 5.41) is 3.24. The number of nitrogens with one attached hydrogen (secondary N) is 1. The highest BCUT2D eigenvalue weighted by Crippen LogP contribution is 2.12. The summed E-state index contributed by atoms with van der Waals surface area (Å²) in [7, 11) is 0. The van der Waals surface area contributed by atoms with Crippen LogP contribution in [0.3, 0.4) is 0 Å². The fourth-order valence-electron chi connectivity index (χ4n) is 1.44. The minimum Gasteiger partial charge on any atom is -0.372 e. The summed E-state index contributed by atoms with van der Waals surface area (Å²) in [6.07, 6.45) is 8.97. The van der Waals surface area contributed by atoms with E-state index in [9.17, 15) is 0 Å². The van der Waals surface area contributed by atoms with Crippen LogP contribution in [0.25, 0.3) is 0 Å². The van der Waals surface area contributed by atoms with Gasteiger partial charge in [-0.2, -0.15) is 0 Å². The maximum atomic E-state index is 5.30. The average Bonchev–Trinajstić information content (AvgIpc) is 2.28. The van der Waals surface area contributed by atoms with Crippen LogP contribution >= 0.6 is 0 Å². The Bertz CT molecular complexity index is 318. The third-order valence-electron chi connectivity index (χ3n) is 2.41. The van der Waals surface area contributed by atoms with Gasteiger partial charge in [0.1, 0.15) is 0 Å². The third-order valence-corrected chi connectivity index (χ3v) is 2.41. The van der Waals surface area contributed by atoms with Gasteiger partial charge in [0.15, 0.2) is 0 Å². The van der Waals surface area contributed by atoms with Crippen molar-refractivity contribution in [1.82, 2.24) is 0 Å². The SMILES string of the molecule is C#CC(C)Nc1ccc(CCCC)cc1. The van der Waals surface area contributed by atoms with Gasteiger partial charge in [0.05, 0.1) is 6.04 Å². The summed E-state index contributed by atoms with van der Waals surface area (Å²) in [5.41, 5.74) is 2.50. The van der Waals surface area contributed by atoms with E-state index in [1.54, 1.807) is 0 Å². The van der Waals surface area contributed by atoms with E-state index in [-0.39, 0.29) is 6.04 Å². The van der Waals surface area contributed by atoms with Crippen molar-refractivity contribution in [3.63, 3.8) is 0 Å². The fraction of sp³-hybridized carbons (Fsp3) is 0.429. The number of anilines is 1. The molecule has 0 aliphatic carbocycles. The quantitative estimate of drug-likeness (QED) is 0.719. The number of hydrogen-bond acceptors (Lipinski definition) is 1. The smallest absolute Gasteiger partial charge is 0.0845 e. The summed E-state index contributed by atoms with van der Waals surface area (Å²) >= 11 is 0. The summed E-state index contributed by atoms with van der Waals surface area (Å²) in [6.45, 7) is 4.19. The van der Waals surface area contributed by atoms with E-state index >= 15 is 0 Å². The van der Waals surface area contributed by atoms with Gasteiger partial charge in [-0.3, -0.25) is 0 Å². The molecule has 1 rings (SSSR count). The molecule has 0 heterocycles. The topological polar surface area (TPSA) is 12.0 Å². The Hall–Kier alpha value is -1.42. The Morgan fingerprint density at radius 2 is 2.00 bits per heavy atom. The largest absolute Gasteiger partial charge is 0.372 e. The van der Waals surface area contributed by atoms with Crippen LogP contribution in [0.2, 0.25) is 0 Å². The van der Waals surface area contributed by atoms with E-state index in [1.165, 1.54) is 24.8 Å². The van der Waals surface area contributed by atoms with E-state index in [1.807, 2.05) is 6.92 Å². The molecule has 1 aromatic rings. The molecule has 80 valence electrons. The highest BCUT2D eigenvalue weighted by atomic mass is 14.9. The molecule has 1 unspecified atom stereocenters. The molecule has 0 aliphatic rings. The maximum Gasteiger partial charge on any atom is 0.0845 e. The van der Waals surface area contributed by atoms with Gasteiger partial charge >= 0.3 is 0 Å². The van der Waals surface area contributed by atoms with E-state index < -0.39 is 0 Å². The zero-order chi connectivity index (χ0) is 11.1. The molecule has 0 saturated carbocycles. The lowest BCUT2D eigenvalue weighted by molar-refractivity contribution is 0.795. The number of rotatable bonds is 5. The Kier molecular flexibility index (Phi) is 4.77. The molecule has 15 heavy (non-hydrogen) atoms. The number of benzene rings is 1. The zero-order valence-corrected chi connectivity index (χ0v) is 9.59. The lowest BCUT2D eigenvalue weighted by Gasteiger charge is -2.09. The standard InChI is InChI=1S/C14H19N/c1-4-6-7-13-8-10-14(11-9-13)15-12(3)5-2/h2,8-12,15H,4,6-7H2,1,3H3. The molecule has 0 bridgehead atoms. The molecule has 0 fully saturated rings. The molecule has 0 aromatic heterocycles.